The van der Waals surface area contributed by atoms with Gasteiger partial charge in [0.25, 0.3) is 0 Å². The van der Waals surface area contributed by atoms with Crippen molar-refractivity contribution in [2.75, 3.05) is 19.7 Å². The van der Waals surface area contributed by atoms with E-state index in [9.17, 15) is 9.59 Å². The van der Waals surface area contributed by atoms with E-state index in [0.717, 1.165) is 12.8 Å². The maximum atomic E-state index is 12.1. The van der Waals surface area contributed by atoms with E-state index in [2.05, 4.69) is 0 Å². The first-order valence-corrected chi connectivity index (χ1v) is 6.68. The van der Waals surface area contributed by atoms with Crippen LogP contribution < -0.4 is 5.73 Å². The lowest BCUT2D eigenvalue weighted by molar-refractivity contribution is -0.151. The summed E-state index contributed by atoms with van der Waals surface area (Å²) < 4.78 is 5.01. The largest absolute Gasteiger partial charge is 0.466 e. The van der Waals surface area contributed by atoms with E-state index in [4.69, 9.17) is 10.5 Å². The summed E-state index contributed by atoms with van der Waals surface area (Å²) in [6.07, 6.45) is 1.62. The number of amides is 1. The van der Waals surface area contributed by atoms with Gasteiger partial charge in [-0.15, -0.1) is 12.4 Å². The molecule has 5 nitrogen and oxygen atoms in total. The number of rotatable bonds is 4. The van der Waals surface area contributed by atoms with Crippen molar-refractivity contribution in [2.24, 2.45) is 17.6 Å². The molecule has 0 radical (unpaired) electrons. The quantitative estimate of drug-likeness (QED) is 0.790. The normalized spacial score (nSPS) is 20.7. The maximum absolute atomic E-state index is 12.1. The van der Waals surface area contributed by atoms with Crippen LogP contribution in [0.4, 0.5) is 0 Å². The summed E-state index contributed by atoms with van der Waals surface area (Å²) in [5.41, 5.74) is 5.86. The van der Waals surface area contributed by atoms with Gasteiger partial charge in [0.05, 0.1) is 18.6 Å². The highest BCUT2D eigenvalue weighted by molar-refractivity contribution is 5.85. The van der Waals surface area contributed by atoms with Crippen molar-refractivity contribution < 1.29 is 14.3 Å². The number of carbonyl (C=O) groups excluding carboxylic acids is 2. The van der Waals surface area contributed by atoms with Crippen LogP contribution in [0.25, 0.3) is 0 Å². The zero-order valence-corrected chi connectivity index (χ0v) is 12.7. The molecule has 1 fully saturated rings. The van der Waals surface area contributed by atoms with Crippen LogP contribution in [-0.2, 0) is 14.3 Å². The lowest BCUT2D eigenvalue weighted by Gasteiger charge is -2.33. The number of nitrogens with two attached hydrogens (primary N) is 1. The van der Waals surface area contributed by atoms with Gasteiger partial charge in [-0.2, -0.15) is 0 Å². The van der Waals surface area contributed by atoms with E-state index in [1.54, 1.807) is 11.8 Å². The third kappa shape index (κ3) is 4.99. The maximum Gasteiger partial charge on any atom is 0.310 e. The molecule has 0 aromatic carbocycles. The van der Waals surface area contributed by atoms with E-state index in [1.807, 2.05) is 13.8 Å². The second-order valence-electron chi connectivity index (χ2n) is 5.15. The lowest BCUT2D eigenvalue weighted by Crippen LogP contribution is -2.51. The first-order valence-electron chi connectivity index (χ1n) is 6.68. The minimum absolute atomic E-state index is 0. The molecule has 0 saturated carbocycles. The van der Waals surface area contributed by atoms with Crippen molar-refractivity contribution in [2.45, 2.75) is 39.7 Å². The molecule has 19 heavy (non-hydrogen) atoms. The van der Waals surface area contributed by atoms with E-state index in [1.165, 1.54) is 0 Å². The highest BCUT2D eigenvalue weighted by atomic mass is 35.5. The summed E-state index contributed by atoms with van der Waals surface area (Å²) >= 11 is 0. The molecule has 1 aliphatic rings. The monoisotopic (exact) mass is 292 g/mol. The number of likely N-dealkylation sites (tertiary alicyclic amines) is 1. The average molecular weight is 293 g/mol. The Morgan fingerprint density at radius 1 is 1.42 bits per heavy atom. The fraction of sp³-hybridized carbons (Fsp3) is 0.846. The van der Waals surface area contributed by atoms with E-state index < -0.39 is 6.04 Å². The Morgan fingerprint density at radius 3 is 2.58 bits per heavy atom. The molecule has 1 rings (SSSR count). The van der Waals surface area contributed by atoms with Gasteiger partial charge in [0.15, 0.2) is 0 Å². The van der Waals surface area contributed by atoms with Crippen LogP contribution in [0, 0.1) is 11.8 Å². The van der Waals surface area contributed by atoms with Crippen molar-refractivity contribution in [3.05, 3.63) is 0 Å². The smallest absolute Gasteiger partial charge is 0.310 e. The number of nitrogens with zero attached hydrogens (tertiary/aromatic N) is 1. The van der Waals surface area contributed by atoms with Gasteiger partial charge in [0.1, 0.15) is 0 Å². The molecular formula is C13H25ClN2O3. The number of carbonyl (C=O) groups is 2. The standard InChI is InChI=1S/C13H24N2O3.ClH/c1-4-18-13(17)10-6-5-7-15(8-10)12(16)11(14)9(2)3;/h9-11H,4-8,14H2,1-3H3;1H/t10?,11-;/m0./s1. The second kappa shape index (κ2) is 8.38. The molecule has 112 valence electrons. The van der Waals surface area contributed by atoms with Crippen molar-refractivity contribution in [3.8, 4) is 0 Å². The third-order valence-electron chi connectivity index (χ3n) is 3.36. The van der Waals surface area contributed by atoms with Crippen molar-refractivity contribution in [1.29, 1.82) is 0 Å². The van der Waals surface area contributed by atoms with Gasteiger partial charge >= 0.3 is 5.97 Å². The lowest BCUT2D eigenvalue weighted by atomic mass is 9.96. The summed E-state index contributed by atoms with van der Waals surface area (Å²) in [4.78, 5) is 25.5. The highest BCUT2D eigenvalue weighted by Gasteiger charge is 2.32. The average Bonchev–Trinajstić information content (AvgIpc) is 2.37. The summed E-state index contributed by atoms with van der Waals surface area (Å²) in [5.74, 6) is -0.338. The Bertz CT molecular complexity index is 310. The molecule has 1 amide bonds. The van der Waals surface area contributed by atoms with Gasteiger partial charge in [0.2, 0.25) is 5.91 Å². The Kier molecular flexibility index (Phi) is 8.02. The van der Waals surface area contributed by atoms with Crippen LogP contribution in [0.5, 0.6) is 0 Å². The predicted molar refractivity (Wildman–Crippen MR) is 76.0 cm³/mol. The highest BCUT2D eigenvalue weighted by Crippen LogP contribution is 2.19. The first-order chi connectivity index (χ1) is 8.47. The summed E-state index contributed by atoms with van der Waals surface area (Å²) in [6, 6.07) is -0.481. The van der Waals surface area contributed by atoms with Gasteiger partial charge < -0.3 is 15.4 Å². The summed E-state index contributed by atoms with van der Waals surface area (Å²) in [5, 5.41) is 0. The number of hydrogen-bond acceptors (Lipinski definition) is 4. The number of hydrogen-bond donors (Lipinski definition) is 1. The molecule has 0 aromatic heterocycles. The molecule has 1 aliphatic heterocycles. The Hall–Kier alpha value is -0.810. The molecule has 6 heteroatoms. The van der Waals surface area contributed by atoms with Crippen LogP contribution in [-0.4, -0.2) is 42.5 Å². The molecule has 0 aromatic rings. The molecule has 1 saturated heterocycles. The third-order valence-corrected chi connectivity index (χ3v) is 3.36. The molecular weight excluding hydrogens is 268 g/mol. The van der Waals surface area contributed by atoms with Crippen molar-refractivity contribution in [1.82, 2.24) is 4.90 Å². The molecule has 1 heterocycles. The zero-order valence-electron chi connectivity index (χ0n) is 11.9. The minimum atomic E-state index is -0.481. The van der Waals surface area contributed by atoms with Crippen LogP contribution in [0.1, 0.15) is 33.6 Å². The molecule has 2 N–H and O–H groups in total. The van der Waals surface area contributed by atoms with E-state index >= 15 is 0 Å². The second-order valence-corrected chi connectivity index (χ2v) is 5.15. The number of esters is 1. The fourth-order valence-corrected chi connectivity index (χ4v) is 2.13. The Morgan fingerprint density at radius 2 is 2.05 bits per heavy atom. The van der Waals surface area contributed by atoms with Gasteiger partial charge in [-0.3, -0.25) is 9.59 Å². The summed E-state index contributed by atoms with van der Waals surface area (Å²) in [7, 11) is 0. The first kappa shape index (κ1) is 18.2. The number of halogens is 1. The molecule has 2 atom stereocenters. The van der Waals surface area contributed by atoms with E-state index in [-0.39, 0.29) is 36.1 Å². The topological polar surface area (TPSA) is 72.6 Å². The van der Waals surface area contributed by atoms with Gasteiger partial charge in [-0.1, -0.05) is 13.8 Å². The number of piperidine rings is 1. The van der Waals surface area contributed by atoms with Gasteiger partial charge in [0, 0.05) is 13.1 Å². The molecule has 0 aliphatic carbocycles. The molecule has 1 unspecified atom stereocenters. The van der Waals surface area contributed by atoms with Crippen LogP contribution in [0.2, 0.25) is 0 Å². The number of ether oxygens (including phenoxy) is 1. The summed E-state index contributed by atoms with van der Waals surface area (Å²) in [6.45, 7) is 7.16. The van der Waals surface area contributed by atoms with E-state index in [0.29, 0.717) is 19.7 Å². The Balaban J connectivity index is 0.00000324. The van der Waals surface area contributed by atoms with Gasteiger partial charge in [-0.25, -0.2) is 0 Å². The van der Waals surface area contributed by atoms with Crippen molar-refractivity contribution in [3.63, 3.8) is 0 Å². The van der Waals surface area contributed by atoms with Crippen LogP contribution in [0.3, 0.4) is 0 Å². The SMILES string of the molecule is CCOC(=O)C1CCCN(C(=O)[C@@H](N)C(C)C)C1.Cl. The van der Waals surface area contributed by atoms with Crippen molar-refractivity contribution >= 4 is 24.3 Å². The molecule has 0 bridgehead atoms. The Labute approximate surface area is 121 Å². The van der Waals surface area contributed by atoms with Crippen LogP contribution in [0.15, 0.2) is 0 Å². The minimum Gasteiger partial charge on any atom is -0.466 e. The predicted octanol–water partition coefficient (Wildman–Crippen LogP) is 1.19. The zero-order chi connectivity index (χ0) is 13.7. The van der Waals surface area contributed by atoms with Gasteiger partial charge in [-0.05, 0) is 25.7 Å². The fourth-order valence-electron chi connectivity index (χ4n) is 2.13. The van der Waals surface area contributed by atoms with Crippen LogP contribution >= 0.6 is 12.4 Å². The molecule has 0 spiro atoms.